The van der Waals surface area contributed by atoms with Gasteiger partial charge in [-0.2, -0.15) is 0 Å². The van der Waals surface area contributed by atoms with E-state index in [2.05, 4.69) is 0 Å². The van der Waals surface area contributed by atoms with Crippen LogP contribution in [0.2, 0.25) is 0 Å². The molecule has 2 N–H and O–H groups in total. The Morgan fingerprint density at radius 2 is 1.36 bits per heavy atom. The second-order valence-corrected chi connectivity index (χ2v) is 9.20. The third-order valence-electron chi connectivity index (χ3n) is 7.22. The zero-order chi connectivity index (χ0) is 23.5. The molecule has 0 aliphatic carbocycles. The summed E-state index contributed by atoms with van der Waals surface area (Å²) < 4.78 is 5.17. The molecular formula is C24H32N4O5. The van der Waals surface area contributed by atoms with Crippen LogP contribution in [0.5, 0.6) is 5.75 Å². The number of primary amides is 1. The lowest BCUT2D eigenvalue weighted by Gasteiger charge is -2.37. The van der Waals surface area contributed by atoms with Crippen LogP contribution >= 0.6 is 0 Å². The Labute approximate surface area is 193 Å². The van der Waals surface area contributed by atoms with Crippen LogP contribution in [0.3, 0.4) is 0 Å². The van der Waals surface area contributed by atoms with E-state index in [1.165, 1.54) is 0 Å². The van der Waals surface area contributed by atoms with Crippen molar-refractivity contribution in [3.8, 4) is 5.75 Å². The molecule has 178 valence electrons. The highest BCUT2D eigenvalue weighted by Crippen LogP contribution is 2.30. The molecule has 0 bridgehead atoms. The predicted molar refractivity (Wildman–Crippen MR) is 121 cm³/mol. The third-order valence-corrected chi connectivity index (χ3v) is 7.22. The van der Waals surface area contributed by atoms with E-state index in [1.54, 1.807) is 29.0 Å². The van der Waals surface area contributed by atoms with Crippen molar-refractivity contribution < 1.29 is 23.9 Å². The number of methoxy groups -OCH3 is 1. The highest BCUT2D eigenvalue weighted by atomic mass is 16.5. The Hall–Kier alpha value is -3.10. The monoisotopic (exact) mass is 456 g/mol. The van der Waals surface area contributed by atoms with E-state index < -0.39 is 0 Å². The first-order valence-corrected chi connectivity index (χ1v) is 11.7. The minimum absolute atomic E-state index is 0.00691. The molecule has 0 spiro atoms. The summed E-state index contributed by atoms with van der Waals surface area (Å²) in [5, 5.41) is 0. The number of hydrogen-bond acceptors (Lipinski definition) is 5. The maximum Gasteiger partial charge on any atom is 0.228 e. The lowest BCUT2D eigenvalue weighted by Crippen LogP contribution is -2.48. The van der Waals surface area contributed by atoms with Gasteiger partial charge in [0, 0.05) is 56.7 Å². The van der Waals surface area contributed by atoms with E-state index >= 15 is 0 Å². The summed E-state index contributed by atoms with van der Waals surface area (Å²) in [4.78, 5) is 55.2. The Kier molecular flexibility index (Phi) is 6.85. The number of anilines is 1. The van der Waals surface area contributed by atoms with Gasteiger partial charge in [0.05, 0.1) is 13.0 Å². The molecule has 9 nitrogen and oxygen atoms in total. The number of nitrogens with zero attached hydrogens (tertiary/aromatic N) is 3. The number of rotatable bonds is 5. The van der Waals surface area contributed by atoms with E-state index in [-0.39, 0.29) is 47.8 Å². The van der Waals surface area contributed by atoms with Crippen LogP contribution in [-0.4, -0.2) is 73.3 Å². The van der Waals surface area contributed by atoms with Gasteiger partial charge in [-0.05, 0) is 49.9 Å². The average Bonchev–Trinajstić information content (AvgIpc) is 3.24. The second kappa shape index (κ2) is 9.80. The standard InChI is InChI=1S/C24H32N4O5/c1-33-20-4-2-19(3-5-20)28-15-18(14-21(28)29)24(32)27-12-8-17(9-13-27)23(31)26-10-6-16(7-11-26)22(25)30/h2-5,16-18H,6-15H2,1H3,(H2,25,30). The van der Waals surface area contributed by atoms with Crippen molar-refractivity contribution in [2.45, 2.75) is 32.1 Å². The number of ether oxygens (including phenoxy) is 1. The van der Waals surface area contributed by atoms with E-state index in [0.717, 1.165) is 5.69 Å². The summed E-state index contributed by atoms with van der Waals surface area (Å²) >= 11 is 0. The lowest BCUT2D eigenvalue weighted by molar-refractivity contribution is -0.143. The van der Waals surface area contributed by atoms with Crippen molar-refractivity contribution in [1.82, 2.24) is 9.80 Å². The van der Waals surface area contributed by atoms with Gasteiger partial charge in [-0.1, -0.05) is 0 Å². The number of amides is 4. The Morgan fingerprint density at radius 3 is 1.88 bits per heavy atom. The summed E-state index contributed by atoms with van der Waals surface area (Å²) in [6, 6.07) is 7.26. The quantitative estimate of drug-likeness (QED) is 0.711. The van der Waals surface area contributed by atoms with Gasteiger partial charge in [-0.15, -0.1) is 0 Å². The first-order chi connectivity index (χ1) is 15.9. The maximum atomic E-state index is 13.1. The molecule has 1 aromatic carbocycles. The van der Waals surface area contributed by atoms with Gasteiger partial charge in [-0.25, -0.2) is 0 Å². The largest absolute Gasteiger partial charge is 0.497 e. The van der Waals surface area contributed by atoms with E-state index in [1.807, 2.05) is 17.0 Å². The van der Waals surface area contributed by atoms with Crippen molar-refractivity contribution >= 4 is 29.3 Å². The van der Waals surface area contributed by atoms with Crippen molar-refractivity contribution in [3.63, 3.8) is 0 Å². The van der Waals surface area contributed by atoms with E-state index in [4.69, 9.17) is 10.5 Å². The molecule has 1 aromatic rings. The van der Waals surface area contributed by atoms with Gasteiger partial charge >= 0.3 is 0 Å². The topological polar surface area (TPSA) is 113 Å². The molecule has 0 radical (unpaired) electrons. The van der Waals surface area contributed by atoms with Gasteiger partial charge in [0.1, 0.15) is 5.75 Å². The van der Waals surface area contributed by atoms with Crippen LogP contribution < -0.4 is 15.4 Å². The predicted octanol–water partition coefficient (Wildman–Crippen LogP) is 1.01. The number of nitrogens with two attached hydrogens (primary N) is 1. The highest BCUT2D eigenvalue weighted by Gasteiger charge is 2.39. The SMILES string of the molecule is COc1ccc(N2CC(C(=O)N3CCC(C(=O)N4CCC(C(N)=O)CC4)CC3)CC2=O)cc1. The molecule has 3 aliphatic rings. The van der Waals surface area contributed by atoms with E-state index in [9.17, 15) is 19.2 Å². The number of piperidine rings is 2. The number of carbonyl (C=O) groups is 4. The summed E-state index contributed by atoms with van der Waals surface area (Å²) in [6.07, 6.45) is 2.71. The fraction of sp³-hybridized carbons (Fsp3) is 0.583. The van der Waals surface area contributed by atoms with Crippen LogP contribution in [-0.2, 0) is 19.2 Å². The third kappa shape index (κ3) is 4.96. The average molecular weight is 457 g/mol. The van der Waals surface area contributed by atoms with Gasteiger partial charge in [0.2, 0.25) is 23.6 Å². The Balaban J connectivity index is 1.27. The zero-order valence-corrected chi connectivity index (χ0v) is 19.1. The minimum atomic E-state index is -0.361. The fourth-order valence-electron chi connectivity index (χ4n) is 5.13. The summed E-state index contributed by atoms with van der Waals surface area (Å²) in [7, 11) is 1.59. The normalized spacial score (nSPS) is 22.5. The molecule has 1 unspecified atom stereocenters. The molecule has 9 heteroatoms. The summed E-state index contributed by atoms with van der Waals surface area (Å²) in [6.45, 7) is 2.56. The number of carbonyl (C=O) groups excluding carboxylic acids is 4. The van der Waals surface area contributed by atoms with Gasteiger partial charge in [0.15, 0.2) is 0 Å². The summed E-state index contributed by atoms with van der Waals surface area (Å²) in [5.41, 5.74) is 6.14. The molecule has 3 aliphatic heterocycles. The number of benzene rings is 1. The highest BCUT2D eigenvalue weighted by molar-refractivity contribution is 6.00. The number of likely N-dealkylation sites (tertiary alicyclic amines) is 2. The first-order valence-electron chi connectivity index (χ1n) is 11.7. The van der Waals surface area contributed by atoms with Gasteiger partial charge < -0.3 is 25.2 Å². The molecule has 0 saturated carbocycles. The molecule has 3 saturated heterocycles. The fourth-order valence-corrected chi connectivity index (χ4v) is 5.13. The Morgan fingerprint density at radius 1 is 0.848 bits per heavy atom. The molecule has 3 heterocycles. The van der Waals surface area contributed by atoms with Crippen molar-refractivity contribution in [1.29, 1.82) is 0 Å². The van der Waals surface area contributed by atoms with Crippen LogP contribution in [0.15, 0.2) is 24.3 Å². The van der Waals surface area contributed by atoms with Crippen molar-refractivity contribution in [2.24, 2.45) is 23.5 Å². The maximum absolute atomic E-state index is 13.1. The molecule has 3 fully saturated rings. The molecule has 0 aromatic heterocycles. The Bertz CT molecular complexity index is 902. The van der Waals surface area contributed by atoms with Gasteiger partial charge in [-0.3, -0.25) is 19.2 Å². The molecule has 4 rings (SSSR count). The van der Waals surface area contributed by atoms with Crippen LogP contribution in [0.4, 0.5) is 5.69 Å². The molecule has 33 heavy (non-hydrogen) atoms. The van der Waals surface area contributed by atoms with E-state index in [0.29, 0.717) is 64.2 Å². The molecule has 4 amide bonds. The lowest BCUT2D eigenvalue weighted by atomic mass is 9.91. The minimum Gasteiger partial charge on any atom is -0.497 e. The van der Waals surface area contributed by atoms with Crippen LogP contribution in [0.1, 0.15) is 32.1 Å². The van der Waals surface area contributed by atoms with Crippen LogP contribution in [0.25, 0.3) is 0 Å². The zero-order valence-electron chi connectivity index (χ0n) is 19.1. The number of hydrogen-bond donors (Lipinski definition) is 1. The molecule has 1 atom stereocenters. The van der Waals surface area contributed by atoms with Crippen molar-refractivity contribution in [2.75, 3.05) is 44.7 Å². The smallest absolute Gasteiger partial charge is 0.228 e. The summed E-state index contributed by atoms with van der Waals surface area (Å²) in [5.74, 6) is -0.111. The van der Waals surface area contributed by atoms with Crippen molar-refractivity contribution in [3.05, 3.63) is 24.3 Å². The van der Waals surface area contributed by atoms with Gasteiger partial charge in [0.25, 0.3) is 0 Å². The molecular weight excluding hydrogens is 424 g/mol. The second-order valence-electron chi connectivity index (χ2n) is 9.20. The first kappa shape index (κ1) is 23.1. The van der Waals surface area contributed by atoms with Crippen LogP contribution in [0, 0.1) is 17.8 Å².